The van der Waals surface area contributed by atoms with Crippen LogP contribution >= 0.6 is 0 Å². The molecule has 1 N–H and O–H groups in total. The van der Waals surface area contributed by atoms with Crippen molar-refractivity contribution in [2.24, 2.45) is 0 Å². The van der Waals surface area contributed by atoms with Gasteiger partial charge < -0.3 is 9.67 Å². The second-order valence-corrected chi connectivity index (χ2v) is 5.69. The van der Waals surface area contributed by atoms with Crippen LogP contribution in [-0.4, -0.2) is 26.4 Å². The Bertz CT molecular complexity index is 913. The number of carboxylic acid groups (broad SMARTS) is 1. The van der Waals surface area contributed by atoms with Crippen molar-refractivity contribution in [3.05, 3.63) is 54.1 Å². The standard InChI is InChI=1S/C19H18N2O3/c1-3-16(19(23)24)21-17-10-9-14(12(2)22)11-15(17)20-18(21)13-7-5-4-6-8-13/h4-11,16H,3H2,1-2H3,(H,23,24). The molecule has 0 bridgehead atoms. The van der Waals surface area contributed by atoms with Gasteiger partial charge in [-0.1, -0.05) is 37.3 Å². The normalized spacial score (nSPS) is 12.2. The number of carbonyl (C=O) groups excluding carboxylic acids is 1. The van der Waals surface area contributed by atoms with Crippen LogP contribution in [0.25, 0.3) is 22.4 Å². The van der Waals surface area contributed by atoms with E-state index in [9.17, 15) is 14.7 Å². The Labute approximate surface area is 139 Å². The lowest BCUT2D eigenvalue weighted by molar-refractivity contribution is -0.140. The van der Waals surface area contributed by atoms with E-state index in [4.69, 9.17) is 0 Å². The lowest BCUT2D eigenvalue weighted by Gasteiger charge is -2.16. The van der Waals surface area contributed by atoms with E-state index < -0.39 is 12.0 Å². The third-order valence-electron chi connectivity index (χ3n) is 4.11. The van der Waals surface area contributed by atoms with Gasteiger partial charge in [0.2, 0.25) is 0 Å². The first-order valence-corrected chi connectivity index (χ1v) is 7.84. The number of benzene rings is 2. The zero-order chi connectivity index (χ0) is 17.3. The van der Waals surface area contributed by atoms with Crippen molar-refractivity contribution in [1.82, 2.24) is 9.55 Å². The van der Waals surface area contributed by atoms with E-state index in [-0.39, 0.29) is 5.78 Å². The van der Waals surface area contributed by atoms with Crippen LogP contribution in [0.2, 0.25) is 0 Å². The predicted molar refractivity (Wildman–Crippen MR) is 92.1 cm³/mol. The number of carboxylic acids is 1. The molecule has 0 amide bonds. The third kappa shape index (κ3) is 2.69. The topological polar surface area (TPSA) is 72.2 Å². The van der Waals surface area contributed by atoms with Gasteiger partial charge in [-0.3, -0.25) is 4.79 Å². The zero-order valence-corrected chi connectivity index (χ0v) is 13.6. The molecule has 0 spiro atoms. The van der Waals surface area contributed by atoms with Gasteiger partial charge in [0.15, 0.2) is 5.78 Å². The Kier molecular flexibility index (Phi) is 4.16. The van der Waals surface area contributed by atoms with Crippen molar-refractivity contribution in [1.29, 1.82) is 0 Å². The fourth-order valence-electron chi connectivity index (χ4n) is 2.89. The molecule has 5 heteroatoms. The van der Waals surface area contributed by atoms with Gasteiger partial charge in [-0.25, -0.2) is 9.78 Å². The smallest absolute Gasteiger partial charge is 0.326 e. The molecule has 3 aromatic rings. The average Bonchev–Trinajstić information content (AvgIpc) is 2.94. The summed E-state index contributed by atoms with van der Waals surface area (Å²) >= 11 is 0. The van der Waals surface area contributed by atoms with Crippen molar-refractivity contribution in [3.63, 3.8) is 0 Å². The van der Waals surface area contributed by atoms with Gasteiger partial charge >= 0.3 is 5.97 Å². The summed E-state index contributed by atoms with van der Waals surface area (Å²) in [4.78, 5) is 28.0. The molecule has 5 nitrogen and oxygen atoms in total. The molecule has 0 saturated heterocycles. The molecule has 1 aromatic heterocycles. The molecule has 1 unspecified atom stereocenters. The lowest BCUT2D eigenvalue weighted by Crippen LogP contribution is -2.19. The molecule has 0 radical (unpaired) electrons. The number of rotatable bonds is 5. The minimum absolute atomic E-state index is 0.0435. The van der Waals surface area contributed by atoms with Crippen molar-refractivity contribution in [2.75, 3.05) is 0 Å². The second-order valence-electron chi connectivity index (χ2n) is 5.69. The number of hydrogen-bond donors (Lipinski definition) is 1. The molecule has 24 heavy (non-hydrogen) atoms. The minimum atomic E-state index is -0.898. The third-order valence-corrected chi connectivity index (χ3v) is 4.11. The Morgan fingerprint density at radius 1 is 1.17 bits per heavy atom. The number of carbonyl (C=O) groups is 2. The van der Waals surface area contributed by atoms with Crippen LogP contribution in [0.15, 0.2) is 48.5 Å². The van der Waals surface area contributed by atoms with Gasteiger partial charge in [0.25, 0.3) is 0 Å². The molecule has 0 aliphatic carbocycles. The summed E-state index contributed by atoms with van der Waals surface area (Å²) in [6, 6.07) is 14.0. The molecule has 0 fully saturated rings. The van der Waals surface area contributed by atoms with Crippen LogP contribution in [0.4, 0.5) is 0 Å². The number of ketones is 1. The Balaban J connectivity index is 2.32. The maximum absolute atomic E-state index is 11.7. The number of imidazole rings is 1. The Hall–Kier alpha value is -2.95. The van der Waals surface area contributed by atoms with Crippen LogP contribution < -0.4 is 0 Å². The maximum atomic E-state index is 11.7. The van der Waals surface area contributed by atoms with Crippen LogP contribution in [0, 0.1) is 0 Å². The second kappa shape index (κ2) is 6.28. The van der Waals surface area contributed by atoms with Gasteiger partial charge in [0.1, 0.15) is 11.9 Å². The van der Waals surface area contributed by atoms with E-state index in [2.05, 4.69) is 4.98 Å². The summed E-state index contributed by atoms with van der Waals surface area (Å²) in [6.45, 7) is 3.34. The van der Waals surface area contributed by atoms with Gasteiger partial charge in [-0.2, -0.15) is 0 Å². The van der Waals surface area contributed by atoms with Crippen LogP contribution in [0.1, 0.15) is 36.7 Å². The van der Waals surface area contributed by atoms with Crippen molar-refractivity contribution < 1.29 is 14.7 Å². The summed E-state index contributed by atoms with van der Waals surface area (Å²) in [5, 5.41) is 9.62. The first-order chi connectivity index (χ1) is 11.5. The lowest BCUT2D eigenvalue weighted by atomic mass is 10.1. The predicted octanol–water partition coefficient (Wildman–Crippen LogP) is 3.94. The van der Waals surface area contributed by atoms with Gasteiger partial charge in [0.05, 0.1) is 11.0 Å². The molecule has 3 rings (SSSR count). The van der Waals surface area contributed by atoms with Crippen LogP contribution in [-0.2, 0) is 4.79 Å². The fraction of sp³-hybridized carbons (Fsp3) is 0.211. The molecular formula is C19H18N2O3. The highest BCUT2D eigenvalue weighted by atomic mass is 16.4. The molecular weight excluding hydrogens is 304 g/mol. The number of aliphatic carboxylic acids is 1. The SMILES string of the molecule is CCC(C(=O)O)n1c(-c2ccccc2)nc2cc(C(C)=O)ccc21. The largest absolute Gasteiger partial charge is 0.480 e. The molecule has 122 valence electrons. The van der Waals surface area contributed by atoms with E-state index in [0.29, 0.717) is 28.8 Å². The number of hydrogen-bond acceptors (Lipinski definition) is 3. The minimum Gasteiger partial charge on any atom is -0.480 e. The zero-order valence-electron chi connectivity index (χ0n) is 13.6. The number of nitrogens with zero attached hydrogens (tertiary/aromatic N) is 2. The summed E-state index contributed by atoms with van der Waals surface area (Å²) in [5.41, 5.74) is 2.75. The average molecular weight is 322 g/mol. The molecule has 1 atom stereocenters. The van der Waals surface area contributed by atoms with Crippen molar-refractivity contribution >= 4 is 22.8 Å². The first kappa shape index (κ1) is 15.9. The maximum Gasteiger partial charge on any atom is 0.326 e. The highest BCUT2D eigenvalue weighted by molar-refractivity contribution is 5.98. The van der Waals surface area contributed by atoms with E-state index in [0.717, 1.165) is 5.56 Å². The van der Waals surface area contributed by atoms with E-state index >= 15 is 0 Å². The number of aromatic nitrogens is 2. The molecule has 1 heterocycles. The highest BCUT2D eigenvalue weighted by Gasteiger charge is 2.24. The van der Waals surface area contributed by atoms with E-state index in [1.165, 1.54) is 6.92 Å². The summed E-state index contributed by atoms with van der Waals surface area (Å²) in [5.74, 6) is -0.344. The molecule has 0 saturated carbocycles. The van der Waals surface area contributed by atoms with Crippen LogP contribution in [0.5, 0.6) is 0 Å². The Morgan fingerprint density at radius 3 is 2.46 bits per heavy atom. The quantitative estimate of drug-likeness (QED) is 0.722. The molecule has 0 aliphatic heterocycles. The summed E-state index contributed by atoms with van der Waals surface area (Å²) in [6.07, 6.45) is 0.440. The molecule has 2 aromatic carbocycles. The number of Topliss-reactive ketones (excluding diaryl/α,β-unsaturated/α-hetero) is 1. The Morgan fingerprint density at radius 2 is 1.88 bits per heavy atom. The van der Waals surface area contributed by atoms with E-state index in [1.807, 2.05) is 37.3 Å². The molecule has 0 aliphatic rings. The highest BCUT2D eigenvalue weighted by Crippen LogP contribution is 2.30. The van der Waals surface area contributed by atoms with Gasteiger partial charge in [-0.05, 0) is 31.5 Å². The van der Waals surface area contributed by atoms with Crippen molar-refractivity contribution in [3.8, 4) is 11.4 Å². The van der Waals surface area contributed by atoms with Crippen molar-refractivity contribution in [2.45, 2.75) is 26.3 Å². The summed E-state index contributed by atoms with van der Waals surface area (Å²) in [7, 11) is 0. The fourth-order valence-corrected chi connectivity index (χ4v) is 2.89. The monoisotopic (exact) mass is 322 g/mol. The van der Waals surface area contributed by atoms with E-state index in [1.54, 1.807) is 22.8 Å². The van der Waals surface area contributed by atoms with Gasteiger partial charge in [0, 0.05) is 11.1 Å². The first-order valence-electron chi connectivity index (χ1n) is 7.84. The number of fused-ring (bicyclic) bond motifs is 1. The van der Waals surface area contributed by atoms with Gasteiger partial charge in [-0.15, -0.1) is 0 Å². The van der Waals surface area contributed by atoms with Crippen LogP contribution in [0.3, 0.4) is 0 Å². The summed E-state index contributed by atoms with van der Waals surface area (Å²) < 4.78 is 1.75.